The summed E-state index contributed by atoms with van der Waals surface area (Å²) in [7, 11) is 0. The molecule has 0 fully saturated rings. The fraction of sp³-hybridized carbons (Fsp3) is 0.231. The predicted molar refractivity (Wildman–Crippen MR) is 69.5 cm³/mol. The van der Waals surface area contributed by atoms with Crippen LogP contribution in [0.15, 0.2) is 35.2 Å². The number of nitrogens with one attached hydrogen (secondary N) is 1. The number of thiazole rings is 1. The lowest BCUT2D eigenvalue weighted by atomic mass is 10.1. The Hall–Kier alpha value is -1.68. The van der Waals surface area contributed by atoms with Gasteiger partial charge >= 0.3 is 0 Å². The van der Waals surface area contributed by atoms with Crippen molar-refractivity contribution in [2.45, 2.75) is 13.0 Å². The summed E-state index contributed by atoms with van der Waals surface area (Å²) in [6, 6.07) is 8.17. The van der Waals surface area contributed by atoms with Crippen LogP contribution >= 0.6 is 11.3 Å². The fourth-order valence-corrected chi connectivity index (χ4v) is 2.74. The molecule has 17 heavy (non-hydrogen) atoms. The minimum atomic E-state index is 0.649. The molecule has 0 unspecified atom stereocenters. The quantitative estimate of drug-likeness (QED) is 0.899. The summed E-state index contributed by atoms with van der Waals surface area (Å²) in [5.41, 5.74) is 5.32. The van der Waals surface area contributed by atoms with Crippen LogP contribution in [0.2, 0.25) is 0 Å². The van der Waals surface area contributed by atoms with E-state index in [-0.39, 0.29) is 0 Å². The lowest BCUT2D eigenvalue weighted by molar-refractivity contribution is 0.430. The molecule has 1 aliphatic rings. The van der Waals surface area contributed by atoms with Crippen LogP contribution in [0.1, 0.15) is 16.8 Å². The molecule has 0 bridgehead atoms. The molecule has 0 amide bonds. The third-order valence-electron chi connectivity index (χ3n) is 3.07. The van der Waals surface area contributed by atoms with Crippen molar-refractivity contribution in [3.63, 3.8) is 0 Å². The molecule has 0 spiro atoms. The molecular weight excluding hydrogens is 230 g/mol. The minimum Gasteiger partial charge on any atom is -0.352 e. The molecule has 4 heteroatoms. The Morgan fingerprint density at radius 3 is 3.00 bits per heavy atom. The number of aromatic nitrogens is 1. The lowest BCUT2D eigenvalue weighted by Crippen LogP contribution is -2.26. The average Bonchev–Trinajstić information content (AvgIpc) is 2.96. The van der Waals surface area contributed by atoms with Gasteiger partial charge in [-0.25, -0.2) is 4.98 Å². The second-order valence-corrected chi connectivity index (χ2v) is 4.88. The molecule has 3 rings (SSSR count). The molecule has 0 saturated heterocycles. The van der Waals surface area contributed by atoms with E-state index in [1.54, 1.807) is 11.3 Å². The summed E-state index contributed by atoms with van der Waals surface area (Å²) in [6.45, 7) is 1.73. The van der Waals surface area contributed by atoms with Gasteiger partial charge in [0.15, 0.2) is 0 Å². The number of hydrogen-bond donors (Lipinski definition) is 1. The van der Waals surface area contributed by atoms with Crippen LogP contribution < -0.4 is 0 Å². The summed E-state index contributed by atoms with van der Waals surface area (Å²) in [5, 5.41) is 10.2. The SMILES string of the molecule is N=C1c2ccccc2CN1CCc1cscn1. The van der Waals surface area contributed by atoms with Crippen LogP contribution in [0.4, 0.5) is 0 Å². The normalized spacial score (nSPS) is 14.1. The molecule has 2 heterocycles. The first kappa shape index (κ1) is 10.5. The molecule has 86 valence electrons. The van der Waals surface area contributed by atoms with Crippen LogP contribution in [0.5, 0.6) is 0 Å². The summed E-state index contributed by atoms with van der Waals surface area (Å²) in [4.78, 5) is 6.39. The van der Waals surface area contributed by atoms with Gasteiger partial charge in [-0.2, -0.15) is 0 Å². The Balaban J connectivity index is 1.70. The first-order valence-corrected chi connectivity index (χ1v) is 6.58. The van der Waals surface area contributed by atoms with E-state index in [0.717, 1.165) is 30.8 Å². The summed E-state index contributed by atoms with van der Waals surface area (Å²) in [5.74, 6) is 0.649. The van der Waals surface area contributed by atoms with Crippen LogP contribution in [0.25, 0.3) is 0 Å². The predicted octanol–water partition coefficient (Wildman–Crippen LogP) is 2.53. The first-order valence-electron chi connectivity index (χ1n) is 5.63. The van der Waals surface area contributed by atoms with Gasteiger partial charge in [0, 0.05) is 30.5 Å². The van der Waals surface area contributed by atoms with Gasteiger partial charge in [0.05, 0.1) is 11.2 Å². The smallest absolute Gasteiger partial charge is 0.128 e. The Labute approximate surface area is 104 Å². The number of amidine groups is 1. The highest BCUT2D eigenvalue weighted by molar-refractivity contribution is 7.07. The molecule has 1 aromatic carbocycles. The Morgan fingerprint density at radius 2 is 2.24 bits per heavy atom. The fourth-order valence-electron chi connectivity index (χ4n) is 2.15. The van der Waals surface area contributed by atoms with Crippen LogP contribution in [0.3, 0.4) is 0 Å². The van der Waals surface area contributed by atoms with Crippen molar-refractivity contribution in [1.82, 2.24) is 9.88 Å². The van der Waals surface area contributed by atoms with Crippen molar-refractivity contribution in [2.75, 3.05) is 6.54 Å². The van der Waals surface area contributed by atoms with Gasteiger partial charge in [0.1, 0.15) is 5.84 Å². The third kappa shape index (κ3) is 1.96. The maximum absolute atomic E-state index is 8.12. The molecule has 0 aliphatic carbocycles. The van der Waals surface area contributed by atoms with E-state index >= 15 is 0 Å². The van der Waals surface area contributed by atoms with Gasteiger partial charge in [-0.15, -0.1) is 11.3 Å². The third-order valence-corrected chi connectivity index (χ3v) is 3.71. The molecule has 1 aromatic heterocycles. The molecule has 0 atom stereocenters. The molecule has 2 aromatic rings. The van der Waals surface area contributed by atoms with E-state index in [9.17, 15) is 0 Å². The Morgan fingerprint density at radius 1 is 1.35 bits per heavy atom. The van der Waals surface area contributed by atoms with Gasteiger partial charge in [0.25, 0.3) is 0 Å². The lowest BCUT2D eigenvalue weighted by Gasteiger charge is -2.16. The van der Waals surface area contributed by atoms with E-state index in [2.05, 4.69) is 21.3 Å². The van der Waals surface area contributed by atoms with Gasteiger partial charge in [-0.3, -0.25) is 5.41 Å². The maximum atomic E-state index is 8.12. The highest BCUT2D eigenvalue weighted by Gasteiger charge is 2.22. The van der Waals surface area contributed by atoms with Crippen molar-refractivity contribution in [1.29, 1.82) is 5.41 Å². The molecule has 1 aliphatic heterocycles. The van der Waals surface area contributed by atoms with Gasteiger partial charge < -0.3 is 4.90 Å². The number of nitrogens with zero attached hydrogens (tertiary/aromatic N) is 2. The van der Waals surface area contributed by atoms with E-state index in [1.807, 2.05) is 23.7 Å². The molecule has 0 saturated carbocycles. The van der Waals surface area contributed by atoms with E-state index in [4.69, 9.17) is 5.41 Å². The highest BCUT2D eigenvalue weighted by Crippen LogP contribution is 2.22. The number of rotatable bonds is 3. The van der Waals surface area contributed by atoms with Crippen molar-refractivity contribution in [3.8, 4) is 0 Å². The average molecular weight is 243 g/mol. The minimum absolute atomic E-state index is 0.649. The van der Waals surface area contributed by atoms with Crippen molar-refractivity contribution >= 4 is 17.2 Å². The second-order valence-electron chi connectivity index (χ2n) is 4.16. The topological polar surface area (TPSA) is 40.0 Å². The van der Waals surface area contributed by atoms with E-state index in [1.165, 1.54) is 5.56 Å². The molecule has 3 nitrogen and oxygen atoms in total. The van der Waals surface area contributed by atoms with Crippen LogP contribution in [-0.4, -0.2) is 22.3 Å². The molecule has 1 N–H and O–H groups in total. The van der Waals surface area contributed by atoms with Crippen molar-refractivity contribution in [3.05, 3.63) is 52.0 Å². The zero-order valence-corrected chi connectivity index (χ0v) is 10.2. The van der Waals surface area contributed by atoms with Gasteiger partial charge in [-0.05, 0) is 5.56 Å². The van der Waals surface area contributed by atoms with E-state index in [0.29, 0.717) is 5.84 Å². The summed E-state index contributed by atoms with van der Waals surface area (Å²) < 4.78 is 0. The Kier molecular flexibility index (Phi) is 2.65. The number of benzene rings is 1. The zero-order valence-electron chi connectivity index (χ0n) is 9.39. The van der Waals surface area contributed by atoms with Crippen LogP contribution in [0, 0.1) is 5.41 Å². The second kappa shape index (κ2) is 4.30. The van der Waals surface area contributed by atoms with Crippen molar-refractivity contribution < 1.29 is 0 Å². The standard InChI is InChI=1S/C13H13N3S/c14-13-12-4-2-1-3-10(12)7-16(13)6-5-11-8-17-9-15-11/h1-4,8-9,14H,5-7H2. The highest BCUT2D eigenvalue weighted by atomic mass is 32.1. The van der Waals surface area contributed by atoms with Crippen molar-refractivity contribution in [2.24, 2.45) is 0 Å². The monoisotopic (exact) mass is 243 g/mol. The summed E-state index contributed by atoms with van der Waals surface area (Å²) >= 11 is 1.63. The van der Waals surface area contributed by atoms with Gasteiger partial charge in [0.2, 0.25) is 0 Å². The van der Waals surface area contributed by atoms with Crippen LogP contribution in [-0.2, 0) is 13.0 Å². The van der Waals surface area contributed by atoms with E-state index < -0.39 is 0 Å². The zero-order chi connectivity index (χ0) is 11.7. The first-order chi connectivity index (χ1) is 8.34. The molecular formula is C13H13N3S. The largest absolute Gasteiger partial charge is 0.352 e. The maximum Gasteiger partial charge on any atom is 0.128 e. The molecule has 0 radical (unpaired) electrons. The number of fused-ring (bicyclic) bond motifs is 1. The number of hydrogen-bond acceptors (Lipinski definition) is 3. The van der Waals surface area contributed by atoms with Gasteiger partial charge in [-0.1, -0.05) is 24.3 Å². The Bertz CT molecular complexity index is 533. The summed E-state index contributed by atoms with van der Waals surface area (Å²) in [6.07, 6.45) is 0.917.